The Kier molecular flexibility index (Phi) is 8.73. The fourth-order valence-electron chi connectivity index (χ4n) is 4.79. The lowest BCUT2D eigenvalue weighted by atomic mass is 10.2. The van der Waals surface area contributed by atoms with Crippen LogP contribution in [-0.2, 0) is 27.7 Å². The monoisotopic (exact) mass is 582 g/mol. The summed E-state index contributed by atoms with van der Waals surface area (Å²) in [6.45, 7) is 7.70. The van der Waals surface area contributed by atoms with Gasteiger partial charge in [0.05, 0.1) is 36.3 Å². The number of sulfonamides is 1. The van der Waals surface area contributed by atoms with E-state index in [1.165, 1.54) is 16.6 Å². The standard InChI is InChI=1S/C27H34N8O5S/c1-4-22-23-24(35(32-22)18-19-8-6-7-9-28-19)26(36)31-25(30-23)21-16-20(17-29-27(21)40-15-14-39-3)41(37,38)34-12-10-33(5-2)11-13-34/h6-9,16-17H,4-5,10-15,18H2,1-3H3,(H,30,31,36). The van der Waals surface area contributed by atoms with Crippen LogP contribution < -0.4 is 10.3 Å². The summed E-state index contributed by atoms with van der Waals surface area (Å²) in [5.74, 6) is 0.278. The summed E-state index contributed by atoms with van der Waals surface area (Å²) in [7, 11) is -2.29. The molecule has 5 rings (SSSR count). The molecule has 4 aromatic rings. The van der Waals surface area contributed by atoms with Crippen LogP contribution in [-0.4, -0.2) is 100 Å². The third kappa shape index (κ3) is 6.00. The second kappa shape index (κ2) is 12.4. The van der Waals surface area contributed by atoms with Crippen LogP contribution in [0.4, 0.5) is 0 Å². The summed E-state index contributed by atoms with van der Waals surface area (Å²) in [5.41, 5.74) is 1.96. The second-order valence-electron chi connectivity index (χ2n) is 9.59. The van der Waals surface area contributed by atoms with E-state index in [0.29, 0.717) is 62.5 Å². The van der Waals surface area contributed by atoms with Crippen LogP contribution in [0.3, 0.4) is 0 Å². The predicted octanol–water partition coefficient (Wildman–Crippen LogP) is 1.54. The number of ether oxygens (including phenoxy) is 2. The number of hydrogen-bond donors (Lipinski definition) is 1. The SMILES string of the molecule is CCc1nn(Cc2ccccn2)c2c(=O)[nH]c(-c3cc(S(=O)(=O)N4CCN(CC)CC4)cnc3OCCOC)nc12. The van der Waals surface area contributed by atoms with Crippen LogP contribution in [0.1, 0.15) is 25.2 Å². The predicted molar refractivity (Wildman–Crippen MR) is 152 cm³/mol. The van der Waals surface area contributed by atoms with Gasteiger partial charge in [-0.1, -0.05) is 19.9 Å². The van der Waals surface area contributed by atoms with Gasteiger partial charge in [-0.25, -0.2) is 18.4 Å². The number of nitrogens with zero attached hydrogens (tertiary/aromatic N) is 7. The Morgan fingerprint density at radius 1 is 1.07 bits per heavy atom. The van der Waals surface area contributed by atoms with Gasteiger partial charge in [-0.05, 0) is 31.2 Å². The van der Waals surface area contributed by atoms with E-state index in [-0.39, 0.29) is 28.8 Å². The molecule has 0 aromatic carbocycles. The Bertz CT molecular complexity index is 1660. The average molecular weight is 583 g/mol. The van der Waals surface area contributed by atoms with E-state index in [1.54, 1.807) is 18.0 Å². The summed E-state index contributed by atoms with van der Waals surface area (Å²) in [6, 6.07) is 7.02. The number of rotatable bonds is 11. The van der Waals surface area contributed by atoms with E-state index < -0.39 is 15.6 Å². The van der Waals surface area contributed by atoms with Crippen LogP contribution in [0, 0.1) is 0 Å². The minimum Gasteiger partial charge on any atom is -0.475 e. The molecule has 14 heteroatoms. The van der Waals surface area contributed by atoms with Crippen molar-refractivity contribution in [2.45, 2.75) is 31.7 Å². The van der Waals surface area contributed by atoms with Gasteiger partial charge < -0.3 is 19.4 Å². The van der Waals surface area contributed by atoms with Gasteiger partial charge >= 0.3 is 0 Å². The maximum absolute atomic E-state index is 13.6. The lowest BCUT2D eigenvalue weighted by Crippen LogP contribution is -2.48. The Morgan fingerprint density at radius 2 is 1.88 bits per heavy atom. The van der Waals surface area contributed by atoms with E-state index in [0.717, 1.165) is 12.2 Å². The first-order valence-corrected chi connectivity index (χ1v) is 15.0. The Labute approximate surface area is 238 Å². The van der Waals surface area contributed by atoms with Gasteiger partial charge in [0, 0.05) is 39.5 Å². The normalized spacial score (nSPS) is 15.0. The second-order valence-corrected chi connectivity index (χ2v) is 11.5. The van der Waals surface area contributed by atoms with E-state index in [1.807, 2.05) is 25.1 Å². The number of aromatic amines is 1. The fourth-order valence-corrected chi connectivity index (χ4v) is 6.19. The van der Waals surface area contributed by atoms with Crippen molar-refractivity contribution in [1.82, 2.24) is 38.9 Å². The number of H-pyrrole nitrogens is 1. The van der Waals surface area contributed by atoms with Crippen molar-refractivity contribution in [3.05, 3.63) is 58.4 Å². The first-order chi connectivity index (χ1) is 19.8. The largest absolute Gasteiger partial charge is 0.475 e. The zero-order chi connectivity index (χ0) is 29.0. The van der Waals surface area contributed by atoms with Gasteiger partial charge in [-0.3, -0.25) is 14.5 Å². The highest BCUT2D eigenvalue weighted by Crippen LogP contribution is 2.30. The first kappa shape index (κ1) is 28.8. The molecular weight excluding hydrogens is 548 g/mol. The molecule has 0 radical (unpaired) electrons. The van der Waals surface area contributed by atoms with Gasteiger partial charge in [-0.2, -0.15) is 9.40 Å². The number of methoxy groups -OCH3 is 1. The highest BCUT2D eigenvalue weighted by Gasteiger charge is 2.30. The molecule has 0 spiro atoms. The fraction of sp³-hybridized carbons (Fsp3) is 0.444. The maximum atomic E-state index is 13.6. The lowest BCUT2D eigenvalue weighted by molar-refractivity contribution is 0.144. The number of nitrogens with one attached hydrogen (secondary N) is 1. The third-order valence-corrected chi connectivity index (χ3v) is 8.93. The van der Waals surface area contributed by atoms with Crippen LogP contribution in [0.2, 0.25) is 0 Å². The van der Waals surface area contributed by atoms with Crippen molar-refractivity contribution < 1.29 is 17.9 Å². The van der Waals surface area contributed by atoms with Crippen molar-refractivity contribution in [3.63, 3.8) is 0 Å². The molecule has 0 saturated carbocycles. The van der Waals surface area contributed by atoms with Gasteiger partial charge in [0.1, 0.15) is 22.8 Å². The molecular formula is C27H34N8O5S. The molecule has 1 N–H and O–H groups in total. The van der Waals surface area contributed by atoms with Crippen molar-refractivity contribution in [2.24, 2.45) is 0 Å². The summed E-state index contributed by atoms with van der Waals surface area (Å²) in [5, 5.41) is 4.64. The first-order valence-electron chi connectivity index (χ1n) is 13.6. The molecule has 1 aliphatic heterocycles. The molecule has 5 heterocycles. The molecule has 0 aliphatic carbocycles. The van der Waals surface area contributed by atoms with E-state index in [2.05, 4.69) is 31.9 Å². The zero-order valence-corrected chi connectivity index (χ0v) is 24.2. The van der Waals surface area contributed by atoms with Crippen molar-refractivity contribution in [3.8, 4) is 17.3 Å². The van der Waals surface area contributed by atoms with Crippen LogP contribution in [0.5, 0.6) is 5.88 Å². The van der Waals surface area contributed by atoms with Crippen LogP contribution >= 0.6 is 0 Å². The highest BCUT2D eigenvalue weighted by atomic mass is 32.2. The minimum atomic E-state index is -3.84. The molecule has 4 aromatic heterocycles. The third-order valence-electron chi connectivity index (χ3n) is 7.06. The van der Waals surface area contributed by atoms with E-state index in [9.17, 15) is 13.2 Å². The summed E-state index contributed by atoms with van der Waals surface area (Å²) in [4.78, 5) is 32.0. The molecule has 1 fully saturated rings. The summed E-state index contributed by atoms with van der Waals surface area (Å²) in [6.07, 6.45) is 3.51. The number of aromatic nitrogens is 6. The quantitative estimate of drug-likeness (QED) is 0.258. The van der Waals surface area contributed by atoms with E-state index >= 15 is 0 Å². The lowest BCUT2D eigenvalue weighted by Gasteiger charge is -2.33. The van der Waals surface area contributed by atoms with Gasteiger partial charge in [0.25, 0.3) is 5.56 Å². The molecule has 0 unspecified atom stereocenters. The molecule has 1 saturated heterocycles. The number of aryl methyl sites for hydroxylation is 1. The molecule has 218 valence electrons. The highest BCUT2D eigenvalue weighted by molar-refractivity contribution is 7.89. The Balaban J connectivity index is 1.58. The average Bonchev–Trinajstić information content (AvgIpc) is 3.35. The molecule has 0 amide bonds. The number of likely N-dealkylation sites (N-methyl/N-ethyl adjacent to an activating group) is 1. The molecule has 0 bridgehead atoms. The summed E-state index contributed by atoms with van der Waals surface area (Å²) >= 11 is 0. The summed E-state index contributed by atoms with van der Waals surface area (Å²) < 4.78 is 41.2. The van der Waals surface area contributed by atoms with Gasteiger partial charge in [-0.15, -0.1) is 0 Å². The molecule has 41 heavy (non-hydrogen) atoms. The Hall–Kier alpha value is -3.72. The molecule has 1 aliphatic rings. The Morgan fingerprint density at radius 3 is 2.56 bits per heavy atom. The van der Waals surface area contributed by atoms with Crippen molar-refractivity contribution >= 4 is 21.1 Å². The molecule has 0 atom stereocenters. The van der Waals surface area contributed by atoms with E-state index in [4.69, 9.17) is 14.5 Å². The topological polar surface area (TPSA) is 148 Å². The number of fused-ring (bicyclic) bond motifs is 1. The van der Waals surface area contributed by atoms with Gasteiger partial charge in [0.15, 0.2) is 5.52 Å². The van der Waals surface area contributed by atoms with Crippen LogP contribution in [0.15, 0.2) is 46.3 Å². The van der Waals surface area contributed by atoms with Crippen LogP contribution in [0.25, 0.3) is 22.4 Å². The number of piperazine rings is 1. The smallest absolute Gasteiger partial charge is 0.277 e. The van der Waals surface area contributed by atoms with Gasteiger partial charge in [0.2, 0.25) is 15.9 Å². The zero-order valence-electron chi connectivity index (χ0n) is 23.4. The number of pyridine rings is 2. The minimum absolute atomic E-state index is 0.000785. The van der Waals surface area contributed by atoms with Crippen molar-refractivity contribution in [2.75, 3.05) is 53.0 Å². The van der Waals surface area contributed by atoms with Crippen molar-refractivity contribution in [1.29, 1.82) is 0 Å². The molecule has 13 nitrogen and oxygen atoms in total. The number of hydrogen-bond acceptors (Lipinski definition) is 10. The maximum Gasteiger partial charge on any atom is 0.277 e.